The molecule has 0 spiro atoms. The van der Waals surface area contributed by atoms with Crippen molar-refractivity contribution in [3.05, 3.63) is 40.2 Å². The SMILES string of the molecule is O=C(O)c1ccc(-c2csc(CC3CCCC3)n2)cc1. The molecule has 1 N–H and O–H groups in total. The lowest BCUT2D eigenvalue weighted by Crippen LogP contribution is -1.98. The molecule has 3 nitrogen and oxygen atoms in total. The van der Waals surface area contributed by atoms with E-state index in [9.17, 15) is 4.79 Å². The summed E-state index contributed by atoms with van der Waals surface area (Å²) in [6.07, 6.45) is 6.49. The summed E-state index contributed by atoms with van der Waals surface area (Å²) in [6.45, 7) is 0. The topological polar surface area (TPSA) is 50.2 Å². The van der Waals surface area contributed by atoms with Gasteiger partial charge in [-0.3, -0.25) is 0 Å². The molecule has 1 aliphatic carbocycles. The van der Waals surface area contributed by atoms with Crippen molar-refractivity contribution < 1.29 is 9.90 Å². The van der Waals surface area contributed by atoms with Crippen molar-refractivity contribution in [1.82, 2.24) is 4.98 Å². The van der Waals surface area contributed by atoms with E-state index in [0.717, 1.165) is 23.6 Å². The van der Waals surface area contributed by atoms with Crippen LogP contribution < -0.4 is 0 Å². The molecule has 1 heterocycles. The van der Waals surface area contributed by atoms with Gasteiger partial charge in [0.2, 0.25) is 0 Å². The van der Waals surface area contributed by atoms with Gasteiger partial charge >= 0.3 is 5.97 Å². The number of benzene rings is 1. The lowest BCUT2D eigenvalue weighted by molar-refractivity contribution is 0.0697. The van der Waals surface area contributed by atoms with E-state index in [2.05, 4.69) is 10.4 Å². The highest BCUT2D eigenvalue weighted by Crippen LogP contribution is 2.30. The van der Waals surface area contributed by atoms with E-state index in [-0.39, 0.29) is 0 Å². The fourth-order valence-corrected chi connectivity index (χ4v) is 3.70. The molecular weight excluding hydrogens is 270 g/mol. The van der Waals surface area contributed by atoms with Crippen LogP contribution >= 0.6 is 11.3 Å². The van der Waals surface area contributed by atoms with E-state index < -0.39 is 5.97 Å². The van der Waals surface area contributed by atoms with Gasteiger partial charge in [-0.05, 0) is 18.1 Å². The zero-order chi connectivity index (χ0) is 13.9. The largest absolute Gasteiger partial charge is 0.478 e. The van der Waals surface area contributed by atoms with Gasteiger partial charge in [-0.15, -0.1) is 11.3 Å². The highest BCUT2D eigenvalue weighted by atomic mass is 32.1. The Hall–Kier alpha value is -1.68. The maximum absolute atomic E-state index is 10.8. The van der Waals surface area contributed by atoms with Crippen molar-refractivity contribution >= 4 is 17.3 Å². The molecular formula is C16H17NO2S. The van der Waals surface area contributed by atoms with Crippen molar-refractivity contribution in [2.45, 2.75) is 32.1 Å². The molecule has 1 aromatic heterocycles. The molecule has 0 unspecified atom stereocenters. The van der Waals surface area contributed by atoms with Crippen molar-refractivity contribution in [2.75, 3.05) is 0 Å². The van der Waals surface area contributed by atoms with E-state index in [1.54, 1.807) is 23.5 Å². The average Bonchev–Trinajstić information content (AvgIpc) is 3.11. The van der Waals surface area contributed by atoms with E-state index in [4.69, 9.17) is 5.11 Å². The van der Waals surface area contributed by atoms with Crippen molar-refractivity contribution in [3.8, 4) is 11.3 Å². The number of nitrogens with zero attached hydrogens (tertiary/aromatic N) is 1. The minimum Gasteiger partial charge on any atom is -0.478 e. The summed E-state index contributed by atoms with van der Waals surface area (Å²) in [5.41, 5.74) is 2.26. The van der Waals surface area contributed by atoms with Gasteiger partial charge in [-0.1, -0.05) is 37.8 Å². The number of aromatic carboxylic acids is 1. The van der Waals surface area contributed by atoms with Gasteiger partial charge in [0.05, 0.1) is 16.3 Å². The van der Waals surface area contributed by atoms with Crippen LogP contribution in [0.3, 0.4) is 0 Å². The number of aromatic nitrogens is 1. The van der Waals surface area contributed by atoms with Gasteiger partial charge < -0.3 is 5.11 Å². The average molecular weight is 287 g/mol. The van der Waals surface area contributed by atoms with Crippen molar-refractivity contribution in [3.63, 3.8) is 0 Å². The summed E-state index contributed by atoms with van der Waals surface area (Å²) >= 11 is 1.71. The second-order valence-corrected chi connectivity index (χ2v) is 6.31. The Labute approximate surface area is 122 Å². The number of carbonyl (C=O) groups is 1. The van der Waals surface area contributed by atoms with Crippen LogP contribution in [0.25, 0.3) is 11.3 Å². The Morgan fingerprint density at radius 3 is 2.60 bits per heavy atom. The van der Waals surface area contributed by atoms with Crippen molar-refractivity contribution in [1.29, 1.82) is 0 Å². The Morgan fingerprint density at radius 2 is 1.95 bits per heavy atom. The highest BCUT2D eigenvalue weighted by molar-refractivity contribution is 7.09. The van der Waals surface area contributed by atoms with Crippen LogP contribution in [0.1, 0.15) is 41.0 Å². The van der Waals surface area contributed by atoms with E-state index in [1.807, 2.05) is 12.1 Å². The molecule has 4 heteroatoms. The van der Waals surface area contributed by atoms with Gasteiger partial charge in [0.25, 0.3) is 0 Å². The molecule has 104 valence electrons. The minimum atomic E-state index is -0.892. The maximum Gasteiger partial charge on any atom is 0.335 e. The summed E-state index contributed by atoms with van der Waals surface area (Å²) in [6, 6.07) is 6.93. The Balaban J connectivity index is 1.73. The van der Waals surface area contributed by atoms with Crippen LogP contribution in [0.15, 0.2) is 29.6 Å². The maximum atomic E-state index is 10.8. The normalized spacial score (nSPS) is 15.6. The van der Waals surface area contributed by atoms with Gasteiger partial charge in [0.1, 0.15) is 0 Å². The molecule has 0 atom stereocenters. The first kappa shape index (κ1) is 13.3. The number of carboxylic acids is 1. The first-order chi connectivity index (χ1) is 9.72. The van der Waals surface area contributed by atoms with Crippen LogP contribution in [0, 0.1) is 5.92 Å². The summed E-state index contributed by atoms with van der Waals surface area (Å²) in [5.74, 6) is -0.0832. The molecule has 1 aromatic carbocycles. The third kappa shape index (κ3) is 2.90. The summed E-state index contributed by atoms with van der Waals surface area (Å²) in [4.78, 5) is 15.5. The number of carboxylic acid groups (broad SMARTS) is 1. The second-order valence-electron chi connectivity index (χ2n) is 5.36. The van der Waals surface area contributed by atoms with E-state index in [0.29, 0.717) is 5.56 Å². The van der Waals surface area contributed by atoms with Crippen LogP contribution in [-0.2, 0) is 6.42 Å². The zero-order valence-corrected chi connectivity index (χ0v) is 12.0. The van der Waals surface area contributed by atoms with Gasteiger partial charge in [0.15, 0.2) is 0 Å². The third-order valence-electron chi connectivity index (χ3n) is 3.92. The number of thiazole rings is 1. The first-order valence-corrected chi connectivity index (χ1v) is 7.88. The molecule has 1 fully saturated rings. The predicted molar refractivity (Wildman–Crippen MR) is 80.2 cm³/mol. The Kier molecular flexibility index (Phi) is 3.83. The molecule has 0 saturated heterocycles. The van der Waals surface area contributed by atoms with Gasteiger partial charge in [0, 0.05) is 17.4 Å². The van der Waals surface area contributed by atoms with Crippen LogP contribution in [0.4, 0.5) is 0 Å². The number of rotatable bonds is 4. The fourth-order valence-electron chi connectivity index (χ4n) is 2.78. The monoisotopic (exact) mass is 287 g/mol. The number of hydrogen-bond acceptors (Lipinski definition) is 3. The molecule has 0 bridgehead atoms. The quantitative estimate of drug-likeness (QED) is 0.915. The third-order valence-corrected chi connectivity index (χ3v) is 4.79. The standard InChI is InChI=1S/C16H17NO2S/c18-16(19)13-7-5-12(6-8-13)14-10-20-15(17-14)9-11-3-1-2-4-11/h5-8,10-11H,1-4,9H2,(H,18,19). The Bertz CT molecular complexity index is 597. The van der Waals surface area contributed by atoms with E-state index in [1.165, 1.54) is 30.7 Å². The fraction of sp³-hybridized carbons (Fsp3) is 0.375. The summed E-state index contributed by atoms with van der Waals surface area (Å²) in [7, 11) is 0. The van der Waals surface area contributed by atoms with Gasteiger partial charge in [-0.25, -0.2) is 9.78 Å². The lowest BCUT2D eigenvalue weighted by atomic mass is 10.1. The molecule has 3 rings (SSSR count). The van der Waals surface area contributed by atoms with E-state index >= 15 is 0 Å². The summed E-state index contributed by atoms with van der Waals surface area (Å²) < 4.78 is 0. The van der Waals surface area contributed by atoms with Crippen LogP contribution in [0.2, 0.25) is 0 Å². The highest BCUT2D eigenvalue weighted by Gasteiger charge is 2.17. The molecule has 20 heavy (non-hydrogen) atoms. The molecule has 0 aliphatic heterocycles. The predicted octanol–water partition coefficient (Wildman–Crippen LogP) is 4.24. The minimum absolute atomic E-state index is 0.315. The molecule has 2 aromatic rings. The molecule has 1 saturated carbocycles. The second kappa shape index (κ2) is 5.75. The molecule has 1 aliphatic rings. The first-order valence-electron chi connectivity index (χ1n) is 7.00. The zero-order valence-electron chi connectivity index (χ0n) is 11.2. The summed E-state index contributed by atoms with van der Waals surface area (Å²) in [5, 5.41) is 12.2. The molecule has 0 amide bonds. The number of hydrogen-bond donors (Lipinski definition) is 1. The smallest absolute Gasteiger partial charge is 0.335 e. The lowest BCUT2D eigenvalue weighted by Gasteiger charge is -2.04. The van der Waals surface area contributed by atoms with Crippen LogP contribution in [0.5, 0.6) is 0 Å². The van der Waals surface area contributed by atoms with Crippen molar-refractivity contribution in [2.24, 2.45) is 5.92 Å². The van der Waals surface area contributed by atoms with Gasteiger partial charge in [-0.2, -0.15) is 0 Å². The Morgan fingerprint density at radius 1 is 1.25 bits per heavy atom. The molecule has 0 radical (unpaired) electrons. The van der Waals surface area contributed by atoms with Crippen LogP contribution in [-0.4, -0.2) is 16.1 Å².